The average Bonchev–Trinajstić information content (AvgIpc) is 3.01. The van der Waals surface area contributed by atoms with Crippen LogP contribution in [0, 0.1) is 0 Å². The molecule has 4 nitrogen and oxygen atoms in total. The maximum atomic E-state index is 9.94. The summed E-state index contributed by atoms with van der Waals surface area (Å²) in [6.07, 6.45) is 7.89. The molecule has 0 amide bonds. The van der Waals surface area contributed by atoms with Gasteiger partial charge >= 0.3 is 0 Å². The third kappa shape index (κ3) is 3.08. The number of rotatable bonds is 4. The van der Waals surface area contributed by atoms with Crippen molar-refractivity contribution >= 4 is 0 Å². The number of hydrogen-bond donors (Lipinski definition) is 2. The summed E-state index contributed by atoms with van der Waals surface area (Å²) < 4.78 is 1.85. The van der Waals surface area contributed by atoms with Crippen LogP contribution in [0.5, 0.6) is 0 Å². The van der Waals surface area contributed by atoms with Crippen molar-refractivity contribution in [1.29, 1.82) is 0 Å². The second kappa shape index (κ2) is 6.20. The predicted octanol–water partition coefficient (Wildman–Crippen LogP) is 2.27. The molecule has 4 heteroatoms. The summed E-state index contributed by atoms with van der Waals surface area (Å²) in [5.41, 5.74) is 2.30. The lowest BCUT2D eigenvalue weighted by atomic mass is 9.92. The van der Waals surface area contributed by atoms with Crippen LogP contribution in [-0.2, 0) is 6.54 Å². The summed E-state index contributed by atoms with van der Waals surface area (Å²) in [4.78, 5) is 0. The van der Waals surface area contributed by atoms with Crippen molar-refractivity contribution in [2.24, 2.45) is 0 Å². The van der Waals surface area contributed by atoms with E-state index in [1.165, 1.54) is 12.0 Å². The highest BCUT2D eigenvalue weighted by atomic mass is 16.3. The minimum absolute atomic E-state index is 0.188. The van der Waals surface area contributed by atoms with Gasteiger partial charge in [-0.2, -0.15) is 5.10 Å². The van der Waals surface area contributed by atoms with Gasteiger partial charge in [0.05, 0.1) is 11.8 Å². The highest BCUT2D eigenvalue weighted by molar-refractivity contribution is 5.33. The molecule has 1 aromatic heterocycles. The lowest BCUT2D eigenvalue weighted by Crippen LogP contribution is -2.41. The van der Waals surface area contributed by atoms with Crippen molar-refractivity contribution in [2.45, 2.75) is 44.4 Å². The Kier molecular flexibility index (Phi) is 4.14. The maximum absolute atomic E-state index is 9.94. The van der Waals surface area contributed by atoms with E-state index in [2.05, 4.69) is 34.7 Å². The number of hydrogen-bond acceptors (Lipinski definition) is 3. The molecule has 2 aromatic rings. The summed E-state index contributed by atoms with van der Waals surface area (Å²) in [5.74, 6) is 0. The molecule has 1 saturated carbocycles. The predicted molar refractivity (Wildman–Crippen MR) is 78.7 cm³/mol. The molecule has 20 heavy (non-hydrogen) atoms. The van der Waals surface area contributed by atoms with Gasteiger partial charge in [0.25, 0.3) is 0 Å². The van der Waals surface area contributed by atoms with Crippen LogP contribution in [0.4, 0.5) is 0 Å². The van der Waals surface area contributed by atoms with E-state index in [0.717, 1.165) is 31.5 Å². The van der Waals surface area contributed by atoms with E-state index < -0.39 is 0 Å². The van der Waals surface area contributed by atoms with Crippen LogP contribution in [0.15, 0.2) is 42.7 Å². The van der Waals surface area contributed by atoms with Gasteiger partial charge in [0.1, 0.15) is 0 Å². The molecule has 106 valence electrons. The molecular formula is C16H21N3O. The molecule has 0 unspecified atom stereocenters. The van der Waals surface area contributed by atoms with Crippen LogP contribution in [0.25, 0.3) is 5.69 Å². The summed E-state index contributed by atoms with van der Waals surface area (Å²) in [5, 5.41) is 17.6. The van der Waals surface area contributed by atoms with Crippen LogP contribution in [0.2, 0.25) is 0 Å². The average molecular weight is 271 g/mol. The molecule has 1 fully saturated rings. The molecule has 1 aromatic carbocycles. The van der Waals surface area contributed by atoms with E-state index in [0.29, 0.717) is 0 Å². The summed E-state index contributed by atoms with van der Waals surface area (Å²) >= 11 is 0. The second-order valence-corrected chi connectivity index (χ2v) is 5.46. The minimum Gasteiger partial charge on any atom is -0.392 e. The standard InChI is InChI=1S/C16H21N3O/c20-16-5-2-1-4-15(16)17-12-13-6-8-14(9-7-13)19-11-3-10-18-19/h3,6-11,15-17,20H,1-2,4-5,12H2/t15-,16-/m0/s1. The zero-order valence-electron chi connectivity index (χ0n) is 11.6. The summed E-state index contributed by atoms with van der Waals surface area (Å²) in [6.45, 7) is 0.807. The Labute approximate surface area is 119 Å². The molecule has 1 aliphatic carbocycles. The maximum Gasteiger partial charge on any atom is 0.0693 e. The van der Waals surface area contributed by atoms with Crippen molar-refractivity contribution in [3.63, 3.8) is 0 Å². The summed E-state index contributed by atoms with van der Waals surface area (Å²) in [7, 11) is 0. The van der Waals surface area contributed by atoms with Gasteiger partial charge in [0.2, 0.25) is 0 Å². The van der Waals surface area contributed by atoms with E-state index in [1.54, 1.807) is 6.20 Å². The first-order valence-electron chi connectivity index (χ1n) is 7.33. The van der Waals surface area contributed by atoms with E-state index >= 15 is 0 Å². The van der Waals surface area contributed by atoms with Crippen LogP contribution in [0.1, 0.15) is 31.2 Å². The van der Waals surface area contributed by atoms with E-state index in [-0.39, 0.29) is 12.1 Å². The second-order valence-electron chi connectivity index (χ2n) is 5.46. The fourth-order valence-corrected chi connectivity index (χ4v) is 2.79. The molecule has 0 spiro atoms. The zero-order chi connectivity index (χ0) is 13.8. The molecule has 0 aliphatic heterocycles. The van der Waals surface area contributed by atoms with Crippen LogP contribution in [-0.4, -0.2) is 27.0 Å². The quantitative estimate of drug-likeness (QED) is 0.897. The van der Waals surface area contributed by atoms with Crippen molar-refractivity contribution in [1.82, 2.24) is 15.1 Å². The van der Waals surface area contributed by atoms with Crippen molar-refractivity contribution in [3.8, 4) is 5.69 Å². The SMILES string of the molecule is O[C@H]1CCCC[C@@H]1NCc1ccc(-n2cccn2)cc1. The van der Waals surface area contributed by atoms with Crippen LogP contribution in [0.3, 0.4) is 0 Å². The van der Waals surface area contributed by atoms with Gasteiger partial charge in [-0.15, -0.1) is 0 Å². The number of aliphatic hydroxyl groups is 1. The Balaban J connectivity index is 1.58. The highest BCUT2D eigenvalue weighted by Crippen LogP contribution is 2.19. The molecule has 2 atom stereocenters. The van der Waals surface area contributed by atoms with E-state index in [9.17, 15) is 5.11 Å². The molecule has 1 aliphatic rings. The topological polar surface area (TPSA) is 50.1 Å². The fraction of sp³-hybridized carbons (Fsp3) is 0.438. The largest absolute Gasteiger partial charge is 0.392 e. The van der Waals surface area contributed by atoms with Gasteiger partial charge in [-0.3, -0.25) is 0 Å². The summed E-state index contributed by atoms with van der Waals surface area (Å²) in [6, 6.07) is 10.5. The third-order valence-electron chi connectivity index (χ3n) is 4.00. The third-order valence-corrected chi connectivity index (χ3v) is 4.00. The van der Waals surface area contributed by atoms with Gasteiger partial charge in [-0.1, -0.05) is 25.0 Å². The van der Waals surface area contributed by atoms with Gasteiger partial charge in [0.15, 0.2) is 0 Å². The number of benzene rings is 1. The Morgan fingerprint density at radius 3 is 2.70 bits per heavy atom. The first-order valence-corrected chi connectivity index (χ1v) is 7.33. The van der Waals surface area contributed by atoms with Gasteiger partial charge in [-0.25, -0.2) is 4.68 Å². The number of nitrogens with one attached hydrogen (secondary N) is 1. The Morgan fingerprint density at radius 1 is 1.20 bits per heavy atom. The number of aliphatic hydroxyl groups excluding tert-OH is 1. The molecule has 1 heterocycles. The van der Waals surface area contributed by atoms with Gasteiger partial charge < -0.3 is 10.4 Å². The monoisotopic (exact) mass is 271 g/mol. The zero-order valence-corrected chi connectivity index (χ0v) is 11.6. The lowest BCUT2D eigenvalue weighted by molar-refractivity contribution is 0.0902. The van der Waals surface area contributed by atoms with Crippen LogP contribution >= 0.6 is 0 Å². The smallest absolute Gasteiger partial charge is 0.0693 e. The van der Waals surface area contributed by atoms with Gasteiger partial charge in [-0.05, 0) is 36.6 Å². The lowest BCUT2D eigenvalue weighted by Gasteiger charge is -2.28. The molecule has 0 bridgehead atoms. The molecule has 0 saturated heterocycles. The van der Waals surface area contributed by atoms with E-state index in [1.807, 2.05) is 16.9 Å². The first kappa shape index (κ1) is 13.3. The van der Waals surface area contributed by atoms with Crippen molar-refractivity contribution in [2.75, 3.05) is 0 Å². The van der Waals surface area contributed by atoms with Gasteiger partial charge in [0, 0.05) is 25.0 Å². The highest BCUT2D eigenvalue weighted by Gasteiger charge is 2.21. The van der Waals surface area contributed by atoms with Crippen molar-refractivity contribution < 1.29 is 5.11 Å². The normalized spacial score (nSPS) is 22.9. The number of aromatic nitrogens is 2. The Bertz CT molecular complexity index is 521. The Morgan fingerprint density at radius 2 is 2.00 bits per heavy atom. The molecule has 3 rings (SSSR count). The van der Waals surface area contributed by atoms with E-state index in [4.69, 9.17) is 0 Å². The van der Waals surface area contributed by atoms with Crippen molar-refractivity contribution in [3.05, 3.63) is 48.3 Å². The Hall–Kier alpha value is -1.65. The molecule has 0 radical (unpaired) electrons. The first-order chi connectivity index (χ1) is 9.83. The fourth-order valence-electron chi connectivity index (χ4n) is 2.79. The number of nitrogens with zero attached hydrogens (tertiary/aromatic N) is 2. The minimum atomic E-state index is -0.188. The van der Waals surface area contributed by atoms with Crippen LogP contribution < -0.4 is 5.32 Å². The molecule has 2 N–H and O–H groups in total. The molecular weight excluding hydrogens is 250 g/mol.